The van der Waals surface area contributed by atoms with E-state index < -0.39 is 0 Å². The monoisotopic (exact) mass is 314 g/mol. The van der Waals surface area contributed by atoms with Crippen molar-refractivity contribution in [2.24, 2.45) is 0 Å². The predicted octanol–water partition coefficient (Wildman–Crippen LogP) is 6.27. The third-order valence-corrected chi connectivity index (χ3v) is 3.81. The van der Waals surface area contributed by atoms with Crippen LogP contribution in [0.15, 0.2) is 22.7 Å². The van der Waals surface area contributed by atoms with E-state index in [0.717, 1.165) is 22.9 Å². The minimum atomic E-state index is -0.0766. The second-order valence-electron chi connectivity index (χ2n) is 4.96. The molecule has 0 radical (unpaired) electrons. The molecule has 0 nitrogen and oxygen atoms in total. The highest BCUT2D eigenvalue weighted by atomic mass is 79.9. The zero-order valence-electron chi connectivity index (χ0n) is 11.4. The van der Waals surface area contributed by atoms with Crippen molar-refractivity contribution in [1.29, 1.82) is 0 Å². The van der Waals surface area contributed by atoms with Crippen LogP contribution in [0.1, 0.15) is 63.9 Å². The fraction of sp³-hybridized carbons (Fsp3) is 0.625. The molecule has 1 aromatic carbocycles. The molecule has 0 saturated heterocycles. The van der Waals surface area contributed by atoms with Crippen molar-refractivity contribution in [3.05, 3.63) is 34.1 Å². The molecule has 0 atom stereocenters. The second kappa shape index (κ2) is 9.55. The van der Waals surface area contributed by atoms with Crippen LogP contribution in [-0.4, -0.2) is 0 Å². The van der Waals surface area contributed by atoms with Crippen LogP contribution in [0.4, 0.5) is 4.39 Å². The lowest BCUT2D eigenvalue weighted by Gasteiger charge is -2.04. The maximum absolute atomic E-state index is 13.5. The molecule has 1 aromatic rings. The molecular weight excluding hydrogens is 291 g/mol. The SMILES string of the molecule is CCCCCCCCCCc1ccc(Br)cc1F. The first-order valence-corrected chi connectivity index (χ1v) is 7.97. The summed E-state index contributed by atoms with van der Waals surface area (Å²) in [7, 11) is 0. The van der Waals surface area contributed by atoms with Gasteiger partial charge in [0, 0.05) is 4.47 Å². The van der Waals surface area contributed by atoms with Gasteiger partial charge in [-0.1, -0.05) is 73.9 Å². The highest BCUT2D eigenvalue weighted by Crippen LogP contribution is 2.18. The van der Waals surface area contributed by atoms with Crippen LogP contribution in [0.25, 0.3) is 0 Å². The van der Waals surface area contributed by atoms with E-state index >= 15 is 0 Å². The van der Waals surface area contributed by atoms with Crippen LogP contribution in [0.5, 0.6) is 0 Å². The van der Waals surface area contributed by atoms with E-state index in [9.17, 15) is 4.39 Å². The molecule has 18 heavy (non-hydrogen) atoms. The normalized spacial score (nSPS) is 10.8. The van der Waals surface area contributed by atoms with E-state index in [0.29, 0.717) is 0 Å². The van der Waals surface area contributed by atoms with Gasteiger partial charge in [-0.2, -0.15) is 0 Å². The van der Waals surface area contributed by atoms with Crippen molar-refractivity contribution in [2.45, 2.75) is 64.7 Å². The average Bonchev–Trinajstić information content (AvgIpc) is 2.35. The lowest BCUT2D eigenvalue weighted by Crippen LogP contribution is -1.91. The lowest BCUT2D eigenvalue weighted by atomic mass is 10.0. The van der Waals surface area contributed by atoms with Crippen LogP contribution >= 0.6 is 15.9 Å². The molecule has 0 unspecified atom stereocenters. The summed E-state index contributed by atoms with van der Waals surface area (Å²) in [6.45, 7) is 2.24. The standard InChI is InChI=1S/C16H24BrF/c1-2-3-4-5-6-7-8-9-10-14-11-12-15(17)13-16(14)18/h11-13H,2-10H2,1H3. The number of hydrogen-bond acceptors (Lipinski definition) is 0. The summed E-state index contributed by atoms with van der Waals surface area (Å²) in [5.41, 5.74) is 0.851. The van der Waals surface area contributed by atoms with Crippen molar-refractivity contribution in [2.75, 3.05) is 0 Å². The number of hydrogen-bond donors (Lipinski definition) is 0. The van der Waals surface area contributed by atoms with Crippen molar-refractivity contribution in [3.63, 3.8) is 0 Å². The lowest BCUT2D eigenvalue weighted by molar-refractivity contribution is 0.564. The van der Waals surface area contributed by atoms with Gasteiger partial charge < -0.3 is 0 Å². The van der Waals surface area contributed by atoms with Crippen molar-refractivity contribution in [3.8, 4) is 0 Å². The number of unbranched alkanes of at least 4 members (excludes halogenated alkanes) is 7. The highest BCUT2D eigenvalue weighted by molar-refractivity contribution is 9.10. The minimum absolute atomic E-state index is 0.0766. The van der Waals surface area contributed by atoms with E-state index in [2.05, 4.69) is 22.9 Å². The first kappa shape index (κ1) is 15.7. The van der Waals surface area contributed by atoms with E-state index in [-0.39, 0.29) is 5.82 Å². The zero-order valence-corrected chi connectivity index (χ0v) is 12.9. The Labute approximate surface area is 119 Å². The van der Waals surface area contributed by atoms with Gasteiger partial charge in [0.1, 0.15) is 5.82 Å². The van der Waals surface area contributed by atoms with E-state index in [4.69, 9.17) is 0 Å². The topological polar surface area (TPSA) is 0 Å². The van der Waals surface area contributed by atoms with Crippen LogP contribution in [0.2, 0.25) is 0 Å². The van der Waals surface area contributed by atoms with Gasteiger partial charge in [0.25, 0.3) is 0 Å². The summed E-state index contributed by atoms with van der Waals surface area (Å²) in [6.07, 6.45) is 11.2. The third kappa shape index (κ3) is 6.53. The van der Waals surface area contributed by atoms with Crippen LogP contribution in [-0.2, 0) is 6.42 Å². The van der Waals surface area contributed by atoms with Gasteiger partial charge in [-0.15, -0.1) is 0 Å². The highest BCUT2D eigenvalue weighted by Gasteiger charge is 2.02. The zero-order chi connectivity index (χ0) is 13.2. The Kier molecular flexibility index (Phi) is 8.32. The molecule has 0 bridgehead atoms. The first-order valence-electron chi connectivity index (χ1n) is 7.18. The van der Waals surface area contributed by atoms with Crippen molar-refractivity contribution >= 4 is 15.9 Å². The maximum Gasteiger partial charge on any atom is 0.127 e. The molecule has 1 rings (SSSR count). The largest absolute Gasteiger partial charge is 0.207 e. The number of benzene rings is 1. The molecule has 0 aliphatic carbocycles. The molecule has 0 aliphatic heterocycles. The molecule has 0 amide bonds. The van der Waals surface area contributed by atoms with E-state index in [1.54, 1.807) is 6.07 Å². The van der Waals surface area contributed by atoms with E-state index in [1.807, 2.05) is 12.1 Å². The molecule has 102 valence electrons. The number of rotatable bonds is 9. The third-order valence-electron chi connectivity index (χ3n) is 3.31. The van der Waals surface area contributed by atoms with Crippen molar-refractivity contribution < 1.29 is 4.39 Å². The van der Waals surface area contributed by atoms with E-state index in [1.165, 1.54) is 44.9 Å². The van der Waals surface area contributed by atoms with Gasteiger partial charge in [0.15, 0.2) is 0 Å². The summed E-state index contributed by atoms with van der Waals surface area (Å²) in [5, 5.41) is 0. The number of halogens is 2. The van der Waals surface area contributed by atoms with Gasteiger partial charge in [0.05, 0.1) is 0 Å². The smallest absolute Gasteiger partial charge is 0.127 e. The molecule has 2 heteroatoms. The molecule has 0 fully saturated rings. The van der Waals surface area contributed by atoms with Gasteiger partial charge >= 0.3 is 0 Å². The molecule has 0 heterocycles. The van der Waals surface area contributed by atoms with Crippen LogP contribution in [0.3, 0.4) is 0 Å². The molecule has 0 saturated carbocycles. The molecule has 0 aliphatic rings. The predicted molar refractivity (Wildman–Crippen MR) is 80.4 cm³/mol. The Morgan fingerprint density at radius 2 is 1.56 bits per heavy atom. The molecule has 0 N–H and O–H groups in total. The summed E-state index contributed by atoms with van der Waals surface area (Å²) >= 11 is 3.28. The van der Waals surface area contributed by atoms with Gasteiger partial charge in [0.2, 0.25) is 0 Å². The first-order chi connectivity index (χ1) is 8.74. The summed E-state index contributed by atoms with van der Waals surface area (Å²) in [5.74, 6) is -0.0766. The molecule has 0 aromatic heterocycles. The summed E-state index contributed by atoms with van der Waals surface area (Å²) in [4.78, 5) is 0. The Morgan fingerprint density at radius 1 is 0.944 bits per heavy atom. The van der Waals surface area contributed by atoms with Crippen LogP contribution in [0, 0.1) is 5.82 Å². The van der Waals surface area contributed by atoms with Gasteiger partial charge in [-0.3, -0.25) is 0 Å². The Hall–Kier alpha value is -0.370. The van der Waals surface area contributed by atoms with Gasteiger partial charge in [-0.25, -0.2) is 4.39 Å². The molecular formula is C16H24BrF. The molecule has 0 spiro atoms. The summed E-state index contributed by atoms with van der Waals surface area (Å²) < 4.78 is 14.4. The van der Waals surface area contributed by atoms with Crippen molar-refractivity contribution in [1.82, 2.24) is 0 Å². The fourth-order valence-electron chi connectivity index (χ4n) is 2.17. The Balaban J connectivity index is 2.07. The Morgan fingerprint density at radius 3 is 2.17 bits per heavy atom. The second-order valence-corrected chi connectivity index (χ2v) is 5.88. The van der Waals surface area contributed by atoms with Gasteiger partial charge in [-0.05, 0) is 30.5 Å². The average molecular weight is 315 g/mol. The quantitative estimate of drug-likeness (QED) is 0.471. The fourth-order valence-corrected chi connectivity index (χ4v) is 2.51. The summed E-state index contributed by atoms with van der Waals surface area (Å²) in [6, 6.07) is 5.36. The maximum atomic E-state index is 13.5. The number of aryl methyl sites for hydroxylation is 1. The Bertz CT molecular complexity index is 336. The van der Waals surface area contributed by atoms with Crippen LogP contribution < -0.4 is 0 Å². The minimum Gasteiger partial charge on any atom is -0.207 e.